The lowest BCUT2D eigenvalue weighted by Crippen LogP contribution is -2.59. The quantitative estimate of drug-likeness (QED) is 0.163. The first-order chi connectivity index (χ1) is 37.2. The van der Waals surface area contributed by atoms with Gasteiger partial charge in [-0.15, -0.1) is 22.7 Å². The highest BCUT2D eigenvalue weighted by molar-refractivity contribution is 7.27. The van der Waals surface area contributed by atoms with E-state index in [0.29, 0.717) is 0 Å². The Morgan fingerprint density at radius 3 is 1.57 bits per heavy atom. The van der Waals surface area contributed by atoms with E-state index in [2.05, 4.69) is 250 Å². The van der Waals surface area contributed by atoms with Crippen LogP contribution in [-0.2, 0) is 0 Å². The second-order valence-corrected chi connectivity index (χ2v) is 22.8. The van der Waals surface area contributed by atoms with Crippen molar-refractivity contribution in [3.63, 3.8) is 0 Å². The lowest BCUT2D eigenvalue weighted by molar-refractivity contribution is 1.23. The van der Waals surface area contributed by atoms with Crippen LogP contribution < -0.4 is 31.7 Å². The Morgan fingerprint density at radius 2 is 0.920 bits per heavy atom. The largest absolute Gasteiger partial charge is 0.375 e. The summed E-state index contributed by atoms with van der Waals surface area (Å²) in [5, 5.41) is 10.4. The molecule has 18 rings (SSSR count). The first-order valence-electron chi connectivity index (χ1n) is 26.0. The molecule has 0 spiro atoms. The van der Waals surface area contributed by atoms with E-state index in [4.69, 9.17) is 0 Å². The zero-order valence-corrected chi connectivity index (χ0v) is 42.3. The molecule has 0 atom stereocenters. The molecule has 0 fully saturated rings. The van der Waals surface area contributed by atoms with Crippen LogP contribution in [0.1, 0.15) is 0 Å². The van der Waals surface area contributed by atoms with Crippen LogP contribution >= 0.6 is 22.7 Å². The van der Waals surface area contributed by atoms with Gasteiger partial charge in [-0.3, -0.25) is 0 Å². The van der Waals surface area contributed by atoms with Crippen LogP contribution in [0.2, 0.25) is 0 Å². The minimum absolute atomic E-state index is 0.120. The van der Waals surface area contributed by atoms with Crippen LogP contribution in [0.4, 0.5) is 28.4 Å². The second-order valence-electron chi connectivity index (χ2n) is 20.7. The predicted octanol–water partition coefficient (Wildman–Crippen LogP) is 15.5. The first kappa shape index (κ1) is 40.6. The molecule has 4 aromatic heterocycles. The van der Waals surface area contributed by atoms with Gasteiger partial charge >= 0.3 is 13.7 Å². The van der Waals surface area contributed by atoms with Crippen molar-refractivity contribution < 1.29 is 0 Å². The van der Waals surface area contributed by atoms with E-state index in [9.17, 15) is 0 Å². The molecule has 0 aliphatic carbocycles. The molecule has 0 unspecified atom stereocenters. The van der Waals surface area contributed by atoms with Crippen LogP contribution in [0, 0.1) is 0 Å². The standard InChI is InChI=1S/C67H40B2N4S2/c1-70(40-18-4-2-5-19-40)64-60-50(37-52-44-24-10-14-32-58(44)74-66(52)64)48-28-16-26-46-42-22-8-12-30-55(42)72(62(46)48)68(60)39-34-35-57-54(36-39)69-61-51(49-29-17-27-47-43-23-9-13-31-56(43)73(69)63(47)49)38-53-45-25-11-15-33-59(45)75-67(53)65(61)71(57)41-20-6-3-7-21-41/h2-38H,1H3. The third-order valence-corrected chi connectivity index (χ3v) is 19.5. The van der Waals surface area contributed by atoms with Gasteiger partial charge in [-0.05, 0) is 94.2 Å². The monoisotopic (exact) mass is 986 g/mol. The minimum Gasteiger partial charge on any atom is -0.375 e. The summed E-state index contributed by atoms with van der Waals surface area (Å²) in [6.07, 6.45) is 0. The highest BCUT2D eigenvalue weighted by Gasteiger charge is 2.46. The summed E-state index contributed by atoms with van der Waals surface area (Å²) in [5.74, 6) is 0. The topological polar surface area (TPSA) is 16.3 Å². The molecule has 4 nitrogen and oxygen atoms in total. The number of hydrogen-bond acceptors (Lipinski definition) is 4. The third kappa shape index (κ3) is 5.18. The van der Waals surface area contributed by atoms with Crippen molar-refractivity contribution in [1.29, 1.82) is 0 Å². The summed E-state index contributed by atoms with van der Waals surface area (Å²) in [6.45, 7) is -0.308. The molecular formula is C67H40B2N4S2. The van der Waals surface area contributed by atoms with Gasteiger partial charge in [0, 0.05) is 110 Å². The van der Waals surface area contributed by atoms with Crippen molar-refractivity contribution in [3.05, 3.63) is 224 Å². The van der Waals surface area contributed by atoms with Gasteiger partial charge in [0.15, 0.2) is 0 Å². The molecular weight excluding hydrogens is 947 g/mol. The Kier molecular flexibility index (Phi) is 7.96. The lowest BCUT2D eigenvalue weighted by atomic mass is 9.42. The van der Waals surface area contributed by atoms with Crippen molar-refractivity contribution in [2.75, 3.05) is 16.8 Å². The van der Waals surface area contributed by atoms with Crippen molar-refractivity contribution in [1.82, 2.24) is 8.96 Å². The van der Waals surface area contributed by atoms with E-state index in [1.165, 1.54) is 145 Å². The number of benzene rings is 11. The van der Waals surface area contributed by atoms with Crippen LogP contribution in [0.3, 0.4) is 0 Å². The molecule has 11 aromatic carbocycles. The maximum Gasteiger partial charge on any atom is 0.333 e. The van der Waals surface area contributed by atoms with Crippen LogP contribution in [0.5, 0.6) is 0 Å². The fourth-order valence-corrected chi connectivity index (χ4v) is 16.6. The fourth-order valence-electron chi connectivity index (χ4n) is 14.1. The number of rotatable bonds is 4. The molecule has 0 amide bonds. The summed E-state index contributed by atoms with van der Waals surface area (Å²) in [5.41, 5.74) is 21.6. The fraction of sp³-hybridized carbons (Fsp3) is 0.0149. The molecule has 7 heterocycles. The first-order valence-corrected chi connectivity index (χ1v) is 27.6. The van der Waals surface area contributed by atoms with E-state index in [0.717, 1.165) is 11.4 Å². The van der Waals surface area contributed by atoms with Gasteiger partial charge in [-0.25, -0.2) is 0 Å². The van der Waals surface area contributed by atoms with Gasteiger partial charge in [0.25, 0.3) is 0 Å². The van der Waals surface area contributed by atoms with Gasteiger partial charge in [0.1, 0.15) is 0 Å². The normalized spacial score (nSPS) is 13.3. The van der Waals surface area contributed by atoms with Crippen LogP contribution in [0.25, 0.3) is 106 Å². The molecule has 75 heavy (non-hydrogen) atoms. The molecule has 346 valence electrons. The van der Waals surface area contributed by atoms with Crippen LogP contribution in [-0.4, -0.2) is 29.7 Å². The molecule has 15 aromatic rings. The van der Waals surface area contributed by atoms with Crippen molar-refractivity contribution >= 4 is 171 Å². The lowest BCUT2D eigenvalue weighted by Gasteiger charge is -2.41. The van der Waals surface area contributed by atoms with Crippen molar-refractivity contribution in [3.8, 4) is 22.3 Å². The molecule has 0 saturated heterocycles. The number of thiophene rings is 2. The highest BCUT2D eigenvalue weighted by atomic mass is 32.1. The molecule has 3 aliphatic heterocycles. The minimum atomic E-state index is -0.188. The zero-order valence-electron chi connectivity index (χ0n) is 40.6. The Labute approximate surface area is 440 Å². The summed E-state index contributed by atoms with van der Waals surface area (Å²) >= 11 is 3.85. The van der Waals surface area contributed by atoms with E-state index in [1.807, 2.05) is 22.7 Å². The zero-order chi connectivity index (χ0) is 48.8. The molecule has 8 heteroatoms. The predicted molar refractivity (Wildman–Crippen MR) is 326 cm³/mol. The van der Waals surface area contributed by atoms with Gasteiger partial charge < -0.3 is 18.8 Å². The summed E-state index contributed by atoms with van der Waals surface area (Å²) < 4.78 is 10.7. The van der Waals surface area contributed by atoms with Gasteiger partial charge in [0.05, 0.1) is 20.8 Å². The molecule has 0 radical (unpaired) electrons. The summed E-state index contributed by atoms with van der Waals surface area (Å²) in [4.78, 5) is 5.10. The van der Waals surface area contributed by atoms with Gasteiger partial charge in [-0.1, -0.05) is 163 Å². The molecule has 0 bridgehead atoms. The van der Waals surface area contributed by atoms with E-state index >= 15 is 0 Å². The SMILES string of the molecule is CN(c1ccccc1)c1c2c(cc3c1sc1ccccc13)-c1cccc3c4ccccc4n(c13)B2c1ccc2c(c1)B1c3c(cc4c(sc5ccccc54)c3N2c2ccccc2)-c2cccc3c4ccccc4n1c23. The van der Waals surface area contributed by atoms with E-state index < -0.39 is 0 Å². The maximum atomic E-state index is 2.72. The van der Waals surface area contributed by atoms with Crippen LogP contribution in [0.15, 0.2) is 224 Å². The number of nitrogens with zero attached hydrogens (tertiary/aromatic N) is 4. The highest BCUT2D eigenvalue weighted by Crippen LogP contribution is 2.52. The van der Waals surface area contributed by atoms with E-state index in [1.54, 1.807) is 0 Å². The smallest absolute Gasteiger partial charge is 0.333 e. The Balaban J connectivity index is 1.01. The van der Waals surface area contributed by atoms with Gasteiger partial charge in [0.2, 0.25) is 0 Å². The Morgan fingerprint density at radius 1 is 0.400 bits per heavy atom. The Hall–Kier alpha value is -8.81. The van der Waals surface area contributed by atoms with Crippen molar-refractivity contribution in [2.45, 2.75) is 0 Å². The number of hydrogen-bond donors (Lipinski definition) is 0. The third-order valence-electron chi connectivity index (χ3n) is 17.1. The molecule has 0 saturated carbocycles. The number of aromatic nitrogens is 2. The number of anilines is 5. The summed E-state index contributed by atoms with van der Waals surface area (Å²) in [6, 6.07) is 85.0. The Bertz CT molecular complexity index is 5010. The molecule has 0 N–H and O–H groups in total. The van der Waals surface area contributed by atoms with E-state index in [-0.39, 0.29) is 13.7 Å². The average molecular weight is 987 g/mol. The van der Waals surface area contributed by atoms with Gasteiger partial charge in [-0.2, -0.15) is 0 Å². The number of fused-ring (bicyclic) bond motifs is 19. The average Bonchev–Trinajstić information content (AvgIpc) is 4.34. The summed E-state index contributed by atoms with van der Waals surface area (Å²) in [7, 11) is 2.29. The molecule has 3 aliphatic rings. The maximum absolute atomic E-state index is 2.72. The second kappa shape index (κ2) is 14.7. The number of para-hydroxylation sites is 6. The van der Waals surface area contributed by atoms with Crippen molar-refractivity contribution in [2.24, 2.45) is 0 Å².